The van der Waals surface area contributed by atoms with Crippen molar-refractivity contribution in [3.63, 3.8) is 0 Å². The van der Waals surface area contributed by atoms with Gasteiger partial charge in [-0.05, 0) is 110 Å². The lowest BCUT2D eigenvalue weighted by Gasteiger charge is -2.58. The SMILES string of the molecule is COC1C=C(O)C2C3C4CCC56CCC(Cc7cccc(NCC(C)O)c7)C5C=CCC(C4)(C12O)C36C. The fraction of sp³-hybridized carbons (Fsp3) is 0.688. The number of allylic oxidation sites excluding steroid dienone is 2. The van der Waals surface area contributed by atoms with Crippen molar-refractivity contribution in [2.75, 3.05) is 19.0 Å². The minimum atomic E-state index is -1.03. The van der Waals surface area contributed by atoms with E-state index in [1.54, 1.807) is 14.0 Å². The fourth-order valence-electron chi connectivity index (χ4n) is 11.6. The molecule has 11 atom stereocenters. The van der Waals surface area contributed by atoms with E-state index in [0.717, 1.165) is 24.9 Å². The van der Waals surface area contributed by atoms with Crippen molar-refractivity contribution in [3.8, 4) is 0 Å². The second-order valence-electron chi connectivity index (χ2n) is 13.6. The standard InChI is InChI=1S/C32H43NO4/c1-19(34)18-33-23-7-4-6-20(15-23)14-21-9-12-30-13-10-22-17-31(11-5-8-24(21)30)29(30,2)27(22)28-25(35)16-26(37-3)32(28,31)36/h4-8,15-16,19,21-22,24,26-28,33-36H,9-14,17-18H2,1-3H3. The summed E-state index contributed by atoms with van der Waals surface area (Å²) in [6, 6.07) is 8.72. The first-order chi connectivity index (χ1) is 17.7. The smallest absolute Gasteiger partial charge is 0.111 e. The zero-order valence-electron chi connectivity index (χ0n) is 22.5. The largest absolute Gasteiger partial charge is 0.512 e. The third-order valence-electron chi connectivity index (χ3n) is 12.6. The number of methoxy groups -OCH3 is 1. The van der Waals surface area contributed by atoms with Crippen LogP contribution in [0.1, 0.15) is 57.9 Å². The number of hydrogen-bond donors (Lipinski definition) is 4. The first kappa shape index (κ1) is 24.2. The molecule has 6 aliphatic rings. The number of aliphatic hydroxyl groups is 3. The Morgan fingerprint density at radius 1 is 1.22 bits per heavy atom. The third kappa shape index (κ3) is 2.71. The molecule has 1 aromatic rings. The summed E-state index contributed by atoms with van der Waals surface area (Å²) >= 11 is 0. The molecule has 5 heteroatoms. The van der Waals surface area contributed by atoms with E-state index in [-0.39, 0.29) is 28.3 Å². The van der Waals surface area contributed by atoms with Gasteiger partial charge in [-0.1, -0.05) is 31.2 Å². The van der Waals surface area contributed by atoms with Crippen LogP contribution in [0.3, 0.4) is 0 Å². The molecule has 0 amide bonds. The summed E-state index contributed by atoms with van der Waals surface area (Å²) in [7, 11) is 1.69. The Hall–Kier alpha value is -1.82. The molecule has 4 bridgehead atoms. The van der Waals surface area contributed by atoms with Crippen LogP contribution in [0, 0.1) is 45.8 Å². The summed E-state index contributed by atoms with van der Waals surface area (Å²) in [6.07, 6.45) is 13.8. The van der Waals surface area contributed by atoms with Crippen molar-refractivity contribution in [1.29, 1.82) is 0 Å². The minimum Gasteiger partial charge on any atom is -0.512 e. The predicted molar refractivity (Wildman–Crippen MR) is 144 cm³/mol. The number of aliphatic hydroxyl groups excluding tert-OH is 2. The van der Waals surface area contributed by atoms with E-state index in [9.17, 15) is 15.3 Å². The van der Waals surface area contributed by atoms with Crippen LogP contribution in [-0.2, 0) is 11.2 Å². The second-order valence-corrected chi connectivity index (χ2v) is 13.6. The molecule has 0 aromatic heterocycles. The Bertz CT molecular complexity index is 1160. The highest BCUT2D eigenvalue weighted by molar-refractivity contribution is 5.47. The molecule has 37 heavy (non-hydrogen) atoms. The summed E-state index contributed by atoms with van der Waals surface area (Å²) in [4.78, 5) is 0. The van der Waals surface area contributed by atoms with Crippen LogP contribution in [0.2, 0.25) is 0 Å². The molecule has 0 saturated heterocycles. The summed E-state index contributed by atoms with van der Waals surface area (Å²) in [5.41, 5.74) is 1.27. The van der Waals surface area contributed by atoms with E-state index in [0.29, 0.717) is 36.0 Å². The molecule has 4 saturated carbocycles. The zero-order valence-corrected chi connectivity index (χ0v) is 22.5. The Morgan fingerprint density at radius 3 is 2.81 bits per heavy atom. The van der Waals surface area contributed by atoms with Crippen molar-refractivity contribution in [1.82, 2.24) is 0 Å². The Labute approximate surface area is 221 Å². The van der Waals surface area contributed by atoms with Crippen LogP contribution >= 0.6 is 0 Å². The van der Waals surface area contributed by atoms with E-state index >= 15 is 0 Å². The van der Waals surface area contributed by atoms with Crippen LogP contribution in [-0.4, -0.2) is 46.8 Å². The Kier molecular flexibility index (Phi) is 5.15. The molecule has 4 fully saturated rings. The summed E-state index contributed by atoms with van der Waals surface area (Å²) in [5, 5.41) is 36.9. The molecule has 0 heterocycles. The number of fused-ring (bicyclic) bond motifs is 1. The van der Waals surface area contributed by atoms with Crippen molar-refractivity contribution in [2.45, 2.75) is 76.6 Å². The van der Waals surface area contributed by atoms with Gasteiger partial charge >= 0.3 is 0 Å². The van der Waals surface area contributed by atoms with Gasteiger partial charge in [0, 0.05) is 24.8 Å². The van der Waals surface area contributed by atoms with Crippen LogP contribution in [0.15, 0.2) is 48.3 Å². The summed E-state index contributed by atoms with van der Waals surface area (Å²) in [5.74, 6) is 2.15. The first-order valence-electron chi connectivity index (χ1n) is 14.6. The third-order valence-corrected chi connectivity index (χ3v) is 12.6. The average molecular weight is 506 g/mol. The average Bonchev–Trinajstić information content (AvgIpc) is 3.44. The van der Waals surface area contributed by atoms with Gasteiger partial charge in [0.1, 0.15) is 11.7 Å². The van der Waals surface area contributed by atoms with Crippen LogP contribution < -0.4 is 5.32 Å². The van der Waals surface area contributed by atoms with Gasteiger partial charge in [-0.15, -0.1) is 0 Å². The quantitative estimate of drug-likeness (QED) is 0.397. The number of ether oxygens (including phenoxy) is 1. The molecule has 1 aromatic carbocycles. The van der Waals surface area contributed by atoms with Gasteiger partial charge in [0.15, 0.2) is 0 Å². The molecule has 4 N–H and O–H groups in total. The normalized spacial score (nSPS) is 49.4. The summed E-state index contributed by atoms with van der Waals surface area (Å²) in [6.45, 7) is 4.88. The van der Waals surface area contributed by atoms with E-state index in [1.807, 2.05) is 6.08 Å². The van der Waals surface area contributed by atoms with Gasteiger partial charge in [0.25, 0.3) is 0 Å². The Morgan fingerprint density at radius 2 is 2.03 bits per heavy atom. The maximum Gasteiger partial charge on any atom is 0.111 e. The number of rotatable bonds is 6. The molecule has 7 rings (SSSR count). The maximum atomic E-state index is 12.6. The van der Waals surface area contributed by atoms with E-state index in [2.05, 4.69) is 48.7 Å². The fourth-order valence-corrected chi connectivity index (χ4v) is 11.6. The van der Waals surface area contributed by atoms with E-state index in [1.165, 1.54) is 31.2 Å². The van der Waals surface area contributed by atoms with Crippen molar-refractivity contribution in [2.24, 2.45) is 45.8 Å². The lowest BCUT2D eigenvalue weighted by atomic mass is 9.45. The van der Waals surface area contributed by atoms with E-state index in [4.69, 9.17) is 4.74 Å². The number of hydrogen-bond acceptors (Lipinski definition) is 5. The van der Waals surface area contributed by atoms with Gasteiger partial charge in [0.05, 0.1) is 17.8 Å². The van der Waals surface area contributed by atoms with Crippen molar-refractivity contribution >= 4 is 5.69 Å². The van der Waals surface area contributed by atoms with Crippen LogP contribution in [0.4, 0.5) is 5.69 Å². The molecule has 11 unspecified atom stereocenters. The highest BCUT2D eigenvalue weighted by Gasteiger charge is 2.88. The topological polar surface area (TPSA) is 82.0 Å². The molecule has 5 nitrogen and oxygen atoms in total. The number of anilines is 1. The molecular weight excluding hydrogens is 462 g/mol. The molecule has 200 valence electrons. The van der Waals surface area contributed by atoms with Crippen molar-refractivity contribution in [3.05, 3.63) is 53.8 Å². The van der Waals surface area contributed by atoms with Gasteiger partial charge in [-0.25, -0.2) is 0 Å². The highest BCUT2D eigenvalue weighted by Crippen LogP contribution is 2.88. The molecule has 6 aliphatic carbocycles. The van der Waals surface area contributed by atoms with Gasteiger partial charge in [-0.2, -0.15) is 0 Å². The number of benzene rings is 1. The van der Waals surface area contributed by atoms with Gasteiger partial charge in [0.2, 0.25) is 0 Å². The molecular formula is C32H43NO4. The first-order valence-corrected chi connectivity index (χ1v) is 14.6. The van der Waals surface area contributed by atoms with Crippen LogP contribution in [0.25, 0.3) is 0 Å². The maximum absolute atomic E-state index is 12.6. The van der Waals surface area contributed by atoms with Crippen LogP contribution in [0.5, 0.6) is 0 Å². The predicted octanol–water partition coefficient (Wildman–Crippen LogP) is 5.25. The molecule has 0 radical (unpaired) electrons. The number of nitrogens with one attached hydrogen (secondary N) is 1. The Balaban J connectivity index is 1.26. The minimum absolute atomic E-state index is 0.0229. The van der Waals surface area contributed by atoms with Crippen molar-refractivity contribution < 1.29 is 20.1 Å². The van der Waals surface area contributed by atoms with E-state index < -0.39 is 11.7 Å². The second kappa shape index (κ2) is 7.86. The molecule has 0 aliphatic heterocycles. The lowest BCUT2D eigenvalue weighted by molar-refractivity contribution is -0.189. The summed E-state index contributed by atoms with van der Waals surface area (Å²) < 4.78 is 5.89. The zero-order chi connectivity index (χ0) is 25.8. The monoisotopic (exact) mass is 505 g/mol. The lowest BCUT2D eigenvalue weighted by Crippen LogP contribution is -2.60. The van der Waals surface area contributed by atoms with Gasteiger partial charge in [-0.3, -0.25) is 0 Å². The highest BCUT2D eigenvalue weighted by atomic mass is 16.5. The van der Waals surface area contributed by atoms with Gasteiger partial charge < -0.3 is 25.4 Å². The molecule has 1 spiro atoms.